The molecule has 1 rings (SSSR count). The lowest BCUT2D eigenvalue weighted by molar-refractivity contribution is -0.142. The maximum absolute atomic E-state index is 11.7. The van der Waals surface area contributed by atoms with Crippen LogP contribution in [0.15, 0.2) is 16.0 Å². The number of aromatic amines is 1. The van der Waals surface area contributed by atoms with Crippen LogP contribution in [0.25, 0.3) is 0 Å². The van der Waals surface area contributed by atoms with Crippen molar-refractivity contribution in [3.63, 3.8) is 0 Å². The maximum Gasteiger partial charge on any atom is 0.319 e. The van der Waals surface area contributed by atoms with E-state index in [4.69, 9.17) is 4.74 Å². The van der Waals surface area contributed by atoms with E-state index in [-0.39, 0.29) is 16.8 Å². The maximum atomic E-state index is 11.7. The van der Waals surface area contributed by atoms with E-state index in [0.717, 1.165) is 18.5 Å². The van der Waals surface area contributed by atoms with Gasteiger partial charge < -0.3 is 9.72 Å². The Bertz CT molecular complexity index is 473. The highest BCUT2D eigenvalue weighted by Crippen LogP contribution is 2.22. The zero-order chi connectivity index (χ0) is 14.3. The second kappa shape index (κ2) is 7.99. The highest BCUT2D eigenvalue weighted by Gasteiger charge is 2.20. The summed E-state index contributed by atoms with van der Waals surface area (Å²) in [5.74, 6) is -0.265. The molecule has 0 unspecified atom stereocenters. The molecule has 5 nitrogen and oxygen atoms in total. The van der Waals surface area contributed by atoms with Crippen LogP contribution in [0, 0.1) is 0 Å². The number of H-pyrrole nitrogens is 1. The molecule has 0 aliphatic heterocycles. The fourth-order valence-electron chi connectivity index (χ4n) is 1.59. The molecule has 0 saturated heterocycles. The minimum Gasteiger partial charge on any atom is -0.465 e. The minimum absolute atomic E-state index is 0.181. The van der Waals surface area contributed by atoms with Crippen molar-refractivity contribution in [2.24, 2.45) is 0 Å². The van der Waals surface area contributed by atoms with Crippen molar-refractivity contribution >= 4 is 17.7 Å². The Morgan fingerprint density at radius 3 is 2.79 bits per heavy atom. The van der Waals surface area contributed by atoms with Crippen LogP contribution >= 0.6 is 11.8 Å². The largest absolute Gasteiger partial charge is 0.465 e. The Kier molecular flexibility index (Phi) is 6.62. The van der Waals surface area contributed by atoms with Crippen molar-refractivity contribution < 1.29 is 9.53 Å². The number of nitrogens with zero attached hydrogens (tertiary/aromatic N) is 1. The first kappa shape index (κ1) is 15.8. The monoisotopic (exact) mass is 284 g/mol. The van der Waals surface area contributed by atoms with Gasteiger partial charge in [0.1, 0.15) is 5.25 Å². The molecule has 0 radical (unpaired) electrons. The smallest absolute Gasteiger partial charge is 0.319 e. The Labute approximate surface area is 117 Å². The third-order valence-corrected chi connectivity index (χ3v) is 3.68. The van der Waals surface area contributed by atoms with E-state index in [1.54, 1.807) is 6.92 Å². The Balaban J connectivity index is 2.84. The van der Waals surface area contributed by atoms with Gasteiger partial charge >= 0.3 is 5.97 Å². The van der Waals surface area contributed by atoms with E-state index < -0.39 is 0 Å². The summed E-state index contributed by atoms with van der Waals surface area (Å²) in [6.45, 7) is 6.07. The van der Waals surface area contributed by atoms with Gasteiger partial charge in [-0.3, -0.25) is 9.59 Å². The molecule has 106 valence electrons. The quantitative estimate of drug-likeness (QED) is 0.472. The van der Waals surface area contributed by atoms with Crippen LogP contribution in [-0.2, 0) is 16.0 Å². The zero-order valence-corrected chi connectivity index (χ0v) is 12.4. The van der Waals surface area contributed by atoms with Crippen LogP contribution in [0.3, 0.4) is 0 Å². The Morgan fingerprint density at radius 2 is 2.21 bits per heavy atom. The van der Waals surface area contributed by atoms with Crippen LogP contribution in [0.5, 0.6) is 0 Å². The predicted octanol–water partition coefficient (Wildman–Crippen LogP) is 2.16. The number of hydrogen-bond acceptors (Lipinski definition) is 5. The molecule has 1 heterocycles. The van der Waals surface area contributed by atoms with Crippen molar-refractivity contribution in [1.82, 2.24) is 9.97 Å². The number of ether oxygens (including phenoxy) is 1. The number of nitrogens with one attached hydrogen (secondary N) is 1. The van der Waals surface area contributed by atoms with Gasteiger partial charge in [-0.2, -0.15) is 0 Å². The number of carbonyl (C=O) groups is 1. The number of aromatic nitrogens is 2. The van der Waals surface area contributed by atoms with Gasteiger partial charge in [-0.15, -0.1) is 0 Å². The highest BCUT2D eigenvalue weighted by molar-refractivity contribution is 8.00. The summed E-state index contributed by atoms with van der Waals surface area (Å²) in [5.41, 5.74) is 0.576. The molecule has 0 bridgehead atoms. The summed E-state index contributed by atoms with van der Waals surface area (Å²) < 4.78 is 5.00. The number of rotatable bonds is 7. The van der Waals surface area contributed by atoms with Crippen LogP contribution < -0.4 is 5.56 Å². The van der Waals surface area contributed by atoms with E-state index in [0.29, 0.717) is 18.2 Å². The number of aryl methyl sites for hydroxylation is 1. The van der Waals surface area contributed by atoms with E-state index in [1.807, 2.05) is 13.8 Å². The number of carbonyl (C=O) groups excluding carboxylic acids is 1. The second-order valence-electron chi connectivity index (χ2n) is 4.06. The molecule has 1 N–H and O–H groups in total. The van der Waals surface area contributed by atoms with Crippen LogP contribution in [0.2, 0.25) is 0 Å². The summed E-state index contributed by atoms with van der Waals surface area (Å²) in [6.07, 6.45) is 2.31. The van der Waals surface area contributed by atoms with Crippen molar-refractivity contribution in [2.75, 3.05) is 6.61 Å². The second-order valence-corrected chi connectivity index (χ2v) is 5.25. The molecule has 0 aliphatic rings. The summed E-state index contributed by atoms with van der Waals surface area (Å²) in [5, 5.41) is 0.149. The lowest BCUT2D eigenvalue weighted by Crippen LogP contribution is -2.21. The summed E-state index contributed by atoms with van der Waals surface area (Å²) in [6, 6.07) is 1.50. The Morgan fingerprint density at radius 1 is 1.47 bits per heavy atom. The molecule has 0 amide bonds. The van der Waals surface area contributed by atoms with Gasteiger partial charge in [-0.1, -0.05) is 32.0 Å². The molecule has 0 fully saturated rings. The topological polar surface area (TPSA) is 72.0 Å². The molecular formula is C13H20N2O3S. The molecule has 1 aromatic heterocycles. The SMILES string of the molecule is CCCc1cc(=O)[nH]c(S[C@H](CC)C(=O)OCC)n1. The number of esters is 1. The first-order chi connectivity index (χ1) is 9.10. The molecule has 0 spiro atoms. The fourth-order valence-corrected chi connectivity index (χ4v) is 2.52. The predicted molar refractivity (Wildman–Crippen MR) is 75.4 cm³/mol. The standard InChI is InChI=1S/C13H20N2O3S/c1-4-7-9-8-11(16)15-13(14-9)19-10(5-2)12(17)18-6-3/h8,10H,4-7H2,1-3H3,(H,14,15,16)/t10-/m1/s1. The van der Waals surface area contributed by atoms with E-state index in [9.17, 15) is 9.59 Å². The summed E-state index contributed by atoms with van der Waals surface area (Å²) >= 11 is 1.25. The van der Waals surface area contributed by atoms with Crippen molar-refractivity contribution in [3.05, 3.63) is 22.1 Å². The van der Waals surface area contributed by atoms with Gasteiger partial charge in [0.05, 0.1) is 6.61 Å². The van der Waals surface area contributed by atoms with Gasteiger partial charge in [-0.25, -0.2) is 4.98 Å². The van der Waals surface area contributed by atoms with Gasteiger partial charge in [-0.05, 0) is 19.8 Å². The van der Waals surface area contributed by atoms with E-state index >= 15 is 0 Å². The van der Waals surface area contributed by atoms with Crippen molar-refractivity contribution in [2.45, 2.75) is 50.4 Å². The molecule has 1 atom stereocenters. The van der Waals surface area contributed by atoms with Gasteiger partial charge in [0.15, 0.2) is 5.16 Å². The lowest BCUT2D eigenvalue weighted by atomic mass is 10.2. The molecule has 0 aliphatic carbocycles. The lowest BCUT2D eigenvalue weighted by Gasteiger charge is -2.12. The van der Waals surface area contributed by atoms with Crippen LogP contribution in [0.4, 0.5) is 0 Å². The van der Waals surface area contributed by atoms with E-state index in [1.165, 1.54) is 17.8 Å². The minimum atomic E-state index is -0.333. The van der Waals surface area contributed by atoms with Crippen molar-refractivity contribution in [1.29, 1.82) is 0 Å². The van der Waals surface area contributed by atoms with Gasteiger partial charge in [0, 0.05) is 11.8 Å². The van der Waals surface area contributed by atoms with Gasteiger partial charge in [0.25, 0.3) is 5.56 Å². The average molecular weight is 284 g/mol. The first-order valence-electron chi connectivity index (χ1n) is 6.54. The molecule has 1 aromatic rings. The van der Waals surface area contributed by atoms with Gasteiger partial charge in [0.2, 0.25) is 0 Å². The zero-order valence-electron chi connectivity index (χ0n) is 11.6. The summed E-state index contributed by atoms with van der Waals surface area (Å²) in [7, 11) is 0. The molecule has 6 heteroatoms. The first-order valence-corrected chi connectivity index (χ1v) is 7.42. The third-order valence-electron chi connectivity index (χ3n) is 2.45. The molecule has 0 saturated carbocycles. The average Bonchev–Trinajstić information content (AvgIpc) is 2.36. The summed E-state index contributed by atoms with van der Waals surface area (Å²) in [4.78, 5) is 30.2. The highest BCUT2D eigenvalue weighted by atomic mass is 32.2. The fraction of sp³-hybridized carbons (Fsp3) is 0.615. The van der Waals surface area contributed by atoms with Crippen LogP contribution in [-0.4, -0.2) is 27.8 Å². The Hall–Kier alpha value is -1.30. The normalized spacial score (nSPS) is 12.2. The van der Waals surface area contributed by atoms with Crippen LogP contribution in [0.1, 0.15) is 39.3 Å². The molecule has 0 aromatic carbocycles. The van der Waals surface area contributed by atoms with Crippen molar-refractivity contribution in [3.8, 4) is 0 Å². The molecule has 19 heavy (non-hydrogen) atoms. The third kappa shape index (κ3) is 5.06. The number of hydrogen-bond donors (Lipinski definition) is 1. The molecular weight excluding hydrogens is 264 g/mol. The number of thioether (sulfide) groups is 1. The van der Waals surface area contributed by atoms with E-state index in [2.05, 4.69) is 9.97 Å².